The highest BCUT2D eigenvalue weighted by atomic mass is 19.1. The minimum Gasteiger partial charge on any atom is -0.469 e. The van der Waals surface area contributed by atoms with Crippen LogP contribution in [-0.4, -0.2) is 37.5 Å². The number of nitrogens with zero attached hydrogens (tertiary/aromatic N) is 1. The van der Waals surface area contributed by atoms with Crippen LogP contribution in [0.2, 0.25) is 0 Å². The summed E-state index contributed by atoms with van der Waals surface area (Å²) in [6.45, 7) is 0.153. The Kier molecular flexibility index (Phi) is 4.65. The Morgan fingerprint density at radius 1 is 1.44 bits per heavy atom. The van der Waals surface area contributed by atoms with Gasteiger partial charge in [0, 0.05) is 19.3 Å². The van der Waals surface area contributed by atoms with Crippen molar-refractivity contribution in [3.05, 3.63) is 29.6 Å². The molecule has 1 aromatic rings. The molecule has 2 N–H and O–H groups in total. The van der Waals surface area contributed by atoms with E-state index in [9.17, 15) is 14.0 Å². The summed E-state index contributed by atoms with van der Waals surface area (Å²) in [5.41, 5.74) is 5.70. The third-order valence-corrected chi connectivity index (χ3v) is 2.45. The molecule has 0 saturated carbocycles. The van der Waals surface area contributed by atoms with Gasteiger partial charge < -0.3 is 15.4 Å². The number of hydrogen-bond acceptors (Lipinski definition) is 4. The van der Waals surface area contributed by atoms with Crippen molar-refractivity contribution in [2.75, 3.05) is 26.4 Å². The molecule has 5 nitrogen and oxygen atoms in total. The summed E-state index contributed by atoms with van der Waals surface area (Å²) in [6.07, 6.45) is 0.0582. The van der Waals surface area contributed by atoms with E-state index in [0.29, 0.717) is 5.69 Å². The number of amides is 1. The number of esters is 1. The van der Waals surface area contributed by atoms with E-state index in [1.165, 1.54) is 31.2 Å². The molecule has 0 bridgehead atoms. The van der Waals surface area contributed by atoms with Gasteiger partial charge in [0.05, 0.1) is 19.1 Å². The predicted octanol–water partition coefficient (Wildman–Crippen LogP) is 1.04. The lowest BCUT2D eigenvalue weighted by Gasteiger charge is -2.17. The molecule has 6 heteroatoms. The molecule has 0 fully saturated rings. The maximum atomic E-state index is 13.5. The summed E-state index contributed by atoms with van der Waals surface area (Å²) in [5, 5.41) is 0. The molecule has 0 spiro atoms. The number of benzene rings is 1. The Morgan fingerprint density at radius 3 is 2.72 bits per heavy atom. The minimum absolute atomic E-state index is 0.0582. The highest BCUT2D eigenvalue weighted by Crippen LogP contribution is 2.14. The lowest BCUT2D eigenvalue weighted by atomic mass is 10.1. The first kappa shape index (κ1) is 14.0. The lowest BCUT2D eigenvalue weighted by Crippen LogP contribution is -2.30. The lowest BCUT2D eigenvalue weighted by molar-refractivity contribution is -0.140. The van der Waals surface area contributed by atoms with E-state index in [0.717, 1.165) is 6.07 Å². The number of halogens is 1. The van der Waals surface area contributed by atoms with E-state index in [-0.39, 0.29) is 18.5 Å². The van der Waals surface area contributed by atoms with Gasteiger partial charge in [-0.3, -0.25) is 9.59 Å². The highest BCUT2D eigenvalue weighted by Gasteiger charge is 2.17. The fourth-order valence-electron chi connectivity index (χ4n) is 1.38. The highest BCUT2D eigenvalue weighted by molar-refractivity contribution is 5.95. The van der Waals surface area contributed by atoms with Crippen molar-refractivity contribution >= 4 is 17.6 Å². The fourth-order valence-corrected chi connectivity index (χ4v) is 1.38. The molecule has 1 amide bonds. The molecule has 1 rings (SSSR count). The quantitative estimate of drug-likeness (QED) is 0.643. The van der Waals surface area contributed by atoms with Crippen LogP contribution in [0.5, 0.6) is 0 Å². The summed E-state index contributed by atoms with van der Waals surface area (Å²) in [4.78, 5) is 24.1. The molecular weight excluding hydrogens is 239 g/mol. The van der Waals surface area contributed by atoms with Crippen molar-refractivity contribution in [1.82, 2.24) is 4.90 Å². The molecule has 0 saturated heterocycles. The molecule has 0 radical (unpaired) electrons. The topological polar surface area (TPSA) is 72.6 Å². The van der Waals surface area contributed by atoms with Crippen molar-refractivity contribution < 1.29 is 18.7 Å². The number of rotatable bonds is 4. The van der Waals surface area contributed by atoms with Gasteiger partial charge in [0.1, 0.15) is 5.82 Å². The Bertz CT molecular complexity index is 463. The average molecular weight is 254 g/mol. The van der Waals surface area contributed by atoms with Gasteiger partial charge in [-0.25, -0.2) is 4.39 Å². The van der Waals surface area contributed by atoms with Crippen LogP contribution in [0.25, 0.3) is 0 Å². The molecule has 0 atom stereocenters. The summed E-state index contributed by atoms with van der Waals surface area (Å²) in [6, 6.07) is 3.78. The monoisotopic (exact) mass is 254 g/mol. The number of carbonyl (C=O) groups is 2. The number of anilines is 1. The molecule has 0 heterocycles. The van der Waals surface area contributed by atoms with Crippen LogP contribution in [-0.2, 0) is 9.53 Å². The zero-order valence-corrected chi connectivity index (χ0v) is 10.3. The van der Waals surface area contributed by atoms with Gasteiger partial charge in [0.2, 0.25) is 0 Å². The maximum Gasteiger partial charge on any atom is 0.307 e. The standard InChI is InChI=1S/C12H15FN2O3/c1-15(6-5-11(16)18-2)12(17)9-7-8(14)3-4-10(9)13/h3-4,7H,5-6,14H2,1-2H3. The smallest absolute Gasteiger partial charge is 0.307 e. The number of nitrogens with two attached hydrogens (primary N) is 1. The molecule has 0 unspecified atom stereocenters. The zero-order valence-electron chi connectivity index (χ0n) is 10.3. The number of hydrogen-bond donors (Lipinski definition) is 1. The minimum atomic E-state index is -0.640. The van der Waals surface area contributed by atoms with Crippen LogP contribution < -0.4 is 5.73 Å². The third-order valence-electron chi connectivity index (χ3n) is 2.45. The second-order valence-electron chi connectivity index (χ2n) is 3.79. The first-order valence-corrected chi connectivity index (χ1v) is 5.33. The molecule has 0 aliphatic heterocycles. The van der Waals surface area contributed by atoms with Crippen molar-refractivity contribution in [1.29, 1.82) is 0 Å². The first-order chi connectivity index (χ1) is 8.45. The van der Waals surface area contributed by atoms with Gasteiger partial charge in [-0.05, 0) is 18.2 Å². The van der Waals surface area contributed by atoms with Crippen molar-refractivity contribution in [3.8, 4) is 0 Å². The van der Waals surface area contributed by atoms with Crippen LogP contribution >= 0.6 is 0 Å². The Hall–Kier alpha value is -2.11. The summed E-state index contributed by atoms with van der Waals surface area (Å²) in [5.74, 6) is -1.59. The van der Waals surface area contributed by atoms with Gasteiger partial charge in [-0.15, -0.1) is 0 Å². The van der Waals surface area contributed by atoms with Crippen LogP contribution in [0.1, 0.15) is 16.8 Å². The van der Waals surface area contributed by atoms with E-state index in [1.807, 2.05) is 0 Å². The summed E-state index contributed by atoms with van der Waals surface area (Å²) >= 11 is 0. The Balaban J connectivity index is 2.74. The van der Waals surface area contributed by atoms with E-state index in [4.69, 9.17) is 5.73 Å². The summed E-state index contributed by atoms with van der Waals surface area (Å²) in [7, 11) is 2.75. The largest absolute Gasteiger partial charge is 0.469 e. The Labute approximate surface area is 104 Å². The normalized spacial score (nSPS) is 9.94. The number of carbonyl (C=O) groups excluding carboxylic acids is 2. The number of ether oxygens (including phenoxy) is 1. The van der Waals surface area contributed by atoms with Crippen molar-refractivity contribution in [2.24, 2.45) is 0 Å². The van der Waals surface area contributed by atoms with Gasteiger partial charge in [-0.2, -0.15) is 0 Å². The van der Waals surface area contributed by atoms with Gasteiger partial charge in [-0.1, -0.05) is 0 Å². The van der Waals surface area contributed by atoms with E-state index >= 15 is 0 Å². The van der Waals surface area contributed by atoms with Gasteiger partial charge >= 0.3 is 5.97 Å². The second kappa shape index (κ2) is 6.00. The Morgan fingerprint density at radius 2 is 2.11 bits per heavy atom. The molecule has 0 aliphatic rings. The van der Waals surface area contributed by atoms with E-state index in [2.05, 4.69) is 4.74 Å². The van der Waals surface area contributed by atoms with E-state index < -0.39 is 17.7 Å². The van der Waals surface area contributed by atoms with Gasteiger partial charge in [0.25, 0.3) is 5.91 Å². The fraction of sp³-hybridized carbons (Fsp3) is 0.333. The predicted molar refractivity (Wildman–Crippen MR) is 64.4 cm³/mol. The van der Waals surface area contributed by atoms with Crippen LogP contribution in [0.15, 0.2) is 18.2 Å². The second-order valence-corrected chi connectivity index (χ2v) is 3.79. The van der Waals surface area contributed by atoms with Gasteiger partial charge in [0.15, 0.2) is 0 Å². The van der Waals surface area contributed by atoms with Crippen molar-refractivity contribution in [2.45, 2.75) is 6.42 Å². The first-order valence-electron chi connectivity index (χ1n) is 5.33. The molecule has 0 aromatic heterocycles. The SMILES string of the molecule is COC(=O)CCN(C)C(=O)c1cc(N)ccc1F. The molecule has 1 aromatic carbocycles. The zero-order chi connectivity index (χ0) is 13.7. The third kappa shape index (κ3) is 3.44. The molecule has 0 aliphatic carbocycles. The maximum absolute atomic E-state index is 13.5. The average Bonchev–Trinajstić information content (AvgIpc) is 2.37. The molecule has 18 heavy (non-hydrogen) atoms. The molecule has 98 valence electrons. The van der Waals surface area contributed by atoms with Crippen molar-refractivity contribution in [3.63, 3.8) is 0 Å². The summed E-state index contributed by atoms with van der Waals surface area (Å²) < 4.78 is 17.9. The van der Waals surface area contributed by atoms with E-state index in [1.54, 1.807) is 0 Å². The van der Waals surface area contributed by atoms with Crippen LogP contribution in [0.3, 0.4) is 0 Å². The number of nitrogen functional groups attached to an aromatic ring is 1. The molecular formula is C12H15FN2O3. The number of methoxy groups -OCH3 is 1. The van der Waals surface area contributed by atoms with Crippen LogP contribution in [0.4, 0.5) is 10.1 Å². The van der Waals surface area contributed by atoms with Crippen LogP contribution in [0, 0.1) is 5.82 Å².